The highest BCUT2D eigenvalue weighted by Crippen LogP contribution is 2.15. The van der Waals surface area contributed by atoms with E-state index in [0.717, 1.165) is 5.56 Å². The van der Waals surface area contributed by atoms with E-state index in [9.17, 15) is 14.7 Å². The maximum absolute atomic E-state index is 12.8. The summed E-state index contributed by atoms with van der Waals surface area (Å²) in [5.41, 5.74) is 2.86. The van der Waals surface area contributed by atoms with Gasteiger partial charge in [0.2, 0.25) is 0 Å². The zero-order chi connectivity index (χ0) is 19.9. The van der Waals surface area contributed by atoms with Crippen LogP contribution in [0.1, 0.15) is 21.5 Å². The first-order chi connectivity index (χ1) is 13.5. The van der Waals surface area contributed by atoms with Crippen LogP contribution < -0.4 is 10.6 Å². The Morgan fingerprint density at radius 1 is 0.893 bits per heavy atom. The third-order valence-corrected chi connectivity index (χ3v) is 4.01. The van der Waals surface area contributed by atoms with Crippen molar-refractivity contribution in [3.8, 4) is 5.75 Å². The smallest absolute Gasteiger partial charge is 0.272 e. The number of phenols is 1. The molecule has 140 valence electrons. The lowest BCUT2D eigenvalue weighted by molar-refractivity contribution is -0.113. The molecule has 2 amide bonds. The van der Waals surface area contributed by atoms with Gasteiger partial charge in [-0.15, -0.1) is 0 Å². The van der Waals surface area contributed by atoms with E-state index in [4.69, 9.17) is 0 Å². The standard InChI is InChI=1S/C23H20N2O3/c1-16-6-5-9-19(14-16)24-23(28)21(15-17-10-12-20(26)13-11-17)25-22(27)18-7-3-2-4-8-18/h2-15,26H,1H3,(H,24,28)(H,25,27). The molecule has 5 heteroatoms. The molecule has 0 saturated carbocycles. The van der Waals surface area contributed by atoms with Gasteiger partial charge >= 0.3 is 0 Å². The second-order valence-corrected chi connectivity index (χ2v) is 6.29. The lowest BCUT2D eigenvalue weighted by atomic mass is 10.1. The molecule has 3 rings (SSSR count). The van der Waals surface area contributed by atoms with Crippen LogP contribution in [0.3, 0.4) is 0 Å². The Balaban J connectivity index is 1.88. The van der Waals surface area contributed by atoms with Gasteiger partial charge in [0.15, 0.2) is 0 Å². The summed E-state index contributed by atoms with van der Waals surface area (Å²) in [4.78, 5) is 25.4. The van der Waals surface area contributed by atoms with Crippen molar-refractivity contribution in [1.29, 1.82) is 0 Å². The molecule has 5 nitrogen and oxygen atoms in total. The predicted molar refractivity (Wildman–Crippen MR) is 110 cm³/mol. The number of anilines is 1. The summed E-state index contributed by atoms with van der Waals surface area (Å²) in [5.74, 6) is -0.704. The molecule has 0 heterocycles. The molecule has 3 aromatic rings. The van der Waals surface area contributed by atoms with Gasteiger partial charge in [0, 0.05) is 11.3 Å². The van der Waals surface area contributed by atoms with Gasteiger partial charge in [-0.3, -0.25) is 9.59 Å². The summed E-state index contributed by atoms with van der Waals surface area (Å²) in [6.45, 7) is 1.93. The minimum Gasteiger partial charge on any atom is -0.508 e. The number of aromatic hydroxyl groups is 1. The number of aryl methyl sites for hydroxylation is 1. The van der Waals surface area contributed by atoms with Crippen molar-refractivity contribution < 1.29 is 14.7 Å². The molecule has 3 aromatic carbocycles. The zero-order valence-corrected chi connectivity index (χ0v) is 15.3. The summed E-state index contributed by atoms with van der Waals surface area (Å²) in [6.07, 6.45) is 1.56. The molecule has 0 aliphatic rings. The topological polar surface area (TPSA) is 78.4 Å². The molecule has 0 spiro atoms. The second kappa shape index (κ2) is 8.68. The minimum atomic E-state index is -0.442. The number of carbonyl (C=O) groups excluding carboxylic acids is 2. The molecule has 3 N–H and O–H groups in total. The van der Waals surface area contributed by atoms with Crippen LogP contribution in [0.15, 0.2) is 84.6 Å². The summed E-state index contributed by atoms with van der Waals surface area (Å²) < 4.78 is 0. The van der Waals surface area contributed by atoms with Crippen molar-refractivity contribution >= 4 is 23.6 Å². The van der Waals surface area contributed by atoms with Crippen LogP contribution in [-0.2, 0) is 4.79 Å². The van der Waals surface area contributed by atoms with Gasteiger partial charge in [-0.2, -0.15) is 0 Å². The number of benzene rings is 3. The van der Waals surface area contributed by atoms with Gasteiger partial charge in [-0.05, 0) is 60.5 Å². The van der Waals surface area contributed by atoms with Crippen LogP contribution in [0.25, 0.3) is 6.08 Å². The fourth-order valence-corrected chi connectivity index (χ4v) is 2.60. The van der Waals surface area contributed by atoms with Crippen LogP contribution in [0.2, 0.25) is 0 Å². The summed E-state index contributed by atoms with van der Waals surface area (Å²) >= 11 is 0. The van der Waals surface area contributed by atoms with E-state index in [0.29, 0.717) is 16.8 Å². The number of amides is 2. The molecule has 0 aliphatic heterocycles. The number of carbonyl (C=O) groups is 2. The fraction of sp³-hybridized carbons (Fsp3) is 0.0435. The number of nitrogens with one attached hydrogen (secondary N) is 2. The Kier molecular flexibility index (Phi) is 5.87. The van der Waals surface area contributed by atoms with Crippen molar-refractivity contribution in [2.45, 2.75) is 6.92 Å². The van der Waals surface area contributed by atoms with Gasteiger partial charge in [-0.1, -0.05) is 42.5 Å². The van der Waals surface area contributed by atoms with E-state index in [1.165, 1.54) is 12.1 Å². The quantitative estimate of drug-likeness (QED) is 0.590. The second-order valence-electron chi connectivity index (χ2n) is 6.29. The van der Waals surface area contributed by atoms with E-state index in [2.05, 4.69) is 10.6 Å². The molecule has 0 fully saturated rings. The number of phenolic OH excluding ortho intramolecular Hbond substituents is 1. The van der Waals surface area contributed by atoms with E-state index in [1.54, 1.807) is 48.5 Å². The molecule has 0 bridgehead atoms. The van der Waals surface area contributed by atoms with E-state index >= 15 is 0 Å². The average Bonchev–Trinajstić information content (AvgIpc) is 2.69. The minimum absolute atomic E-state index is 0.0982. The first-order valence-electron chi connectivity index (χ1n) is 8.76. The van der Waals surface area contributed by atoms with Gasteiger partial charge in [0.1, 0.15) is 11.4 Å². The molecule has 0 atom stereocenters. The monoisotopic (exact) mass is 372 g/mol. The SMILES string of the molecule is Cc1cccc(NC(=O)C(=Cc2ccc(O)cc2)NC(=O)c2ccccc2)c1. The van der Waals surface area contributed by atoms with E-state index in [-0.39, 0.29) is 17.4 Å². The van der Waals surface area contributed by atoms with Crippen molar-refractivity contribution in [3.05, 3.63) is 101 Å². The molecule has 0 radical (unpaired) electrons. The van der Waals surface area contributed by atoms with Crippen molar-refractivity contribution in [2.75, 3.05) is 5.32 Å². The van der Waals surface area contributed by atoms with E-state index < -0.39 is 5.91 Å². The first kappa shape index (κ1) is 18.9. The third-order valence-electron chi connectivity index (χ3n) is 4.01. The summed E-state index contributed by atoms with van der Waals surface area (Å²) in [5, 5.41) is 14.9. The average molecular weight is 372 g/mol. The maximum Gasteiger partial charge on any atom is 0.272 e. The van der Waals surface area contributed by atoms with Crippen molar-refractivity contribution in [3.63, 3.8) is 0 Å². The largest absolute Gasteiger partial charge is 0.508 e. The Hall–Kier alpha value is -3.86. The normalized spacial score (nSPS) is 11.0. The fourth-order valence-electron chi connectivity index (χ4n) is 2.60. The Bertz CT molecular complexity index is 1010. The number of rotatable bonds is 5. The highest BCUT2D eigenvalue weighted by molar-refractivity contribution is 6.10. The first-order valence-corrected chi connectivity index (χ1v) is 8.76. The molecule has 0 saturated heterocycles. The Labute approximate surface area is 163 Å². The summed E-state index contributed by atoms with van der Waals surface area (Å²) in [7, 11) is 0. The maximum atomic E-state index is 12.8. The molecule has 0 aromatic heterocycles. The van der Waals surface area contributed by atoms with Gasteiger partial charge in [0.25, 0.3) is 11.8 Å². The molecule has 0 aliphatic carbocycles. The molecule has 0 unspecified atom stereocenters. The number of hydrogen-bond acceptors (Lipinski definition) is 3. The highest BCUT2D eigenvalue weighted by Gasteiger charge is 2.15. The van der Waals surface area contributed by atoms with Crippen LogP contribution in [0, 0.1) is 6.92 Å². The van der Waals surface area contributed by atoms with Crippen LogP contribution in [0.5, 0.6) is 5.75 Å². The Morgan fingerprint density at radius 3 is 2.29 bits per heavy atom. The summed E-state index contributed by atoms with van der Waals surface area (Å²) in [6, 6.07) is 22.4. The zero-order valence-electron chi connectivity index (χ0n) is 15.3. The predicted octanol–water partition coefficient (Wildman–Crippen LogP) is 4.11. The van der Waals surface area contributed by atoms with Crippen molar-refractivity contribution in [2.24, 2.45) is 0 Å². The van der Waals surface area contributed by atoms with Crippen molar-refractivity contribution in [1.82, 2.24) is 5.32 Å². The van der Waals surface area contributed by atoms with Gasteiger partial charge in [-0.25, -0.2) is 0 Å². The van der Waals surface area contributed by atoms with E-state index in [1.807, 2.05) is 31.2 Å². The lowest BCUT2D eigenvalue weighted by Crippen LogP contribution is -2.30. The number of hydrogen-bond donors (Lipinski definition) is 3. The highest BCUT2D eigenvalue weighted by atomic mass is 16.3. The van der Waals surface area contributed by atoms with Gasteiger partial charge in [0.05, 0.1) is 0 Å². The van der Waals surface area contributed by atoms with Gasteiger partial charge < -0.3 is 15.7 Å². The molecular formula is C23H20N2O3. The van der Waals surface area contributed by atoms with Crippen LogP contribution >= 0.6 is 0 Å². The molecule has 28 heavy (non-hydrogen) atoms. The molecular weight excluding hydrogens is 352 g/mol. The van der Waals surface area contributed by atoms with Crippen LogP contribution in [-0.4, -0.2) is 16.9 Å². The Morgan fingerprint density at radius 2 is 1.61 bits per heavy atom. The van der Waals surface area contributed by atoms with Crippen LogP contribution in [0.4, 0.5) is 5.69 Å². The lowest BCUT2D eigenvalue weighted by Gasteiger charge is -2.12. The third kappa shape index (κ3) is 5.08.